The molecule has 6 heteroatoms. The molecule has 0 saturated carbocycles. The van der Waals surface area contributed by atoms with Gasteiger partial charge in [0.1, 0.15) is 11.7 Å². The Balaban J connectivity index is 1.57. The summed E-state index contributed by atoms with van der Waals surface area (Å²) in [6.07, 6.45) is 7.26. The molecule has 4 rings (SSSR count). The Bertz CT molecular complexity index is 832. The van der Waals surface area contributed by atoms with E-state index in [0.29, 0.717) is 19.7 Å². The van der Waals surface area contributed by atoms with Gasteiger partial charge in [-0.15, -0.1) is 0 Å². The van der Waals surface area contributed by atoms with Crippen LogP contribution in [0, 0.1) is 0 Å². The summed E-state index contributed by atoms with van der Waals surface area (Å²) in [5.74, 6) is -0.211. The zero-order chi connectivity index (χ0) is 17.2. The summed E-state index contributed by atoms with van der Waals surface area (Å²) in [5, 5.41) is 0. The number of aromatic nitrogens is 2. The number of aryl methyl sites for hydroxylation is 2. The van der Waals surface area contributed by atoms with E-state index in [1.807, 2.05) is 12.1 Å². The maximum absolute atomic E-state index is 12.9. The number of amides is 1. The van der Waals surface area contributed by atoms with Crippen molar-refractivity contribution >= 4 is 5.91 Å². The Morgan fingerprint density at radius 1 is 1.24 bits per heavy atom. The number of ether oxygens (including phenoxy) is 1. The SMILES string of the molecule is O=C(c1cc2c([nH]c1=O)CCCC2)N1CCOC(c2ccncc2)C1. The third kappa shape index (κ3) is 3.22. The van der Waals surface area contributed by atoms with Gasteiger partial charge in [-0.1, -0.05) is 0 Å². The van der Waals surface area contributed by atoms with Gasteiger partial charge in [0, 0.05) is 24.6 Å². The highest BCUT2D eigenvalue weighted by Crippen LogP contribution is 2.23. The summed E-state index contributed by atoms with van der Waals surface area (Å²) < 4.78 is 5.79. The van der Waals surface area contributed by atoms with Crippen LogP contribution in [0.1, 0.15) is 46.1 Å². The van der Waals surface area contributed by atoms with Gasteiger partial charge >= 0.3 is 0 Å². The third-order valence-corrected chi connectivity index (χ3v) is 5.00. The molecule has 25 heavy (non-hydrogen) atoms. The summed E-state index contributed by atoms with van der Waals surface area (Å²) in [6.45, 7) is 1.40. The Morgan fingerprint density at radius 3 is 2.88 bits per heavy atom. The normalized spacial score (nSPS) is 20.2. The Kier molecular flexibility index (Phi) is 4.36. The van der Waals surface area contributed by atoms with Crippen LogP contribution in [-0.2, 0) is 17.6 Å². The van der Waals surface area contributed by atoms with Gasteiger partial charge in [-0.3, -0.25) is 14.6 Å². The molecule has 0 spiro atoms. The van der Waals surface area contributed by atoms with E-state index >= 15 is 0 Å². The zero-order valence-corrected chi connectivity index (χ0v) is 14.0. The van der Waals surface area contributed by atoms with Gasteiger partial charge in [0.25, 0.3) is 11.5 Å². The molecule has 2 aliphatic rings. The Labute approximate surface area is 145 Å². The molecular formula is C19H21N3O3. The van der Waals surface area contributed by atoms with Crippen LogP contribution in [-0.4, -0.2) is 40.5 Å². The molecule has 0 aromatic carbocycles. The predicted octanol–water partition coefficient (Wildman–Crippen LogP) is 1.86. The van der Waals surface area contributed by atoms with Crippen molar-refractivity contribution in [3.63, 3.8) is 0 Å². The first-order valence-electron chi connectivity index (χ1n) is 8.78. The zero-order valence-electron chi connectivity index (χ0n) is 14.0. The number of hydrogen-bond acceptors (Lipinski definition) is 4. The molecule has 1 saturated heterocycles. The molecule has 3 heterocycles. The van der Waals surface area contributed by atoms with Gasteiger partial charge in [-0.2, -0.15) is 0 Å². The highest BCUT2D eigenvalue weighted by Gasteiger charge is 2.28. The van der Waals surface area contributed by atoms with E-state index in [4.69, 9.17) is 4.74 Å². The van der Waals surface area contributed by atoms with E-state index in [1.165, 1.54) is 0 Å². The molecule has 1 atom stereocenters. The van der Waals surface area contributed by atoms with Crippen LogP contribution in [0.15, 0.2) is 35.4 Å². The molecular weight excluding hydrogens is 318 g/mol. The van der Waals surface area contributed by atoms with E-state index in [2.05, 4.69) is 9.97 Å². The first-order chi connectivity index (χ1) is 12.2. The minimum atomic E-state index is -0.280. The smallest absolute Gasteiger partial charge is 0.261 e. The number of rotatable bonds is 2. The van der Waals surface area contributed by atoms with E-state index in [9.17, 15) is 9.59 Å². The van der Waals surface area contributed by atoms with Crippen LogP contribution >= 0.6 is 0 Å². The van der Waals surface area contributed by atoms with Crippen molar-refractivity contribution in [3.05, 3.63) is 63.3 Å². The fraction of sp³-hybridized carbons (Fsp3) is 0.421. The van der Waals surface area contributed by atoms with Crippen LogP contribution in [0.3, 0.4) is 0 Å². The van der Waals surface area contributed by atoms with Gasteiger partial charge in [-0.25, -0.2) is 0 Å². The lowest BCUT2D eigenvalue weighted by atomic mass is 9.95. The average Bonchev–Trinajstić information content (AvgIpc) is 2.68. The number of aromatic amines is 1. The molecule has 1 N–H and O–H groups in total. The monoisotopic (exact) mass is 339 g/mol. The Hall–Kier alpha value is -2.47. The first-order valence-corrected chi connectivity index (χ1v) is 8.78. The van der Waals surface area contributed by atoms with Crippen LogP contribution in [0.4, 0.5) is 0 Å². The first kappa shape index (κ1) is 16.0. The molecule has 0 bridgehead atoms. The van der Waals surface area contributed by atoms with Gasteiger partial charge in [0.05, 0.1) is 13.2 Å². The molecule has 1 aliphatic carbocycles. The third-order valence-electron chi connectivity index (χ3n) is 5.00. The van der Waals surface area contributed by atoms with Crippen LogP contribution in [0.5, 0.6) is 0 Å². The lowest BCUT2D eigenvalue weighted by Crippen LogP contribution is -2.44. The second kappa shape index (κ2) is 6.80. The number of carbonyl (C=O) groups is 1. The van der Waals surface area contributed by atoms with E-state index in [-0.39, 0.29) is 23.1 Å². The number of fused-ring (bicyclic) bond motifs is 1. The predicted molar refractivity (Wildman–Crippen MR) is 92.5 cm³/mol. The van der Waals surface area contributed by atoms with E-state index in [1.54, 1.807) is 23.4 Å². The maximum Gasteiger partial charge on any atom is 0.261 e. The molecule has 1 fully saturated rings. The van der Waals surface area contributed by atoms with Gasteiger partial charge in [0.15, 0.2) is 0 Å². The number of carbonyl (C=O) groups excluding carboxylic acids is 1. The fourth-order valence-corrected chi connectivity index (χ4v) is 3.62. The minimum absolute atomic E-state index is 0.183. The number of nitrogens with one attached hydrogen (secondary N) is 1. The minimum Gasteiger partial charge on any atom is -0.370 e. The molecule has 1 amide bonds. The lowest BCUT2D eigenvalue weighted by Gasteiger charge is -2.33. The second-order valence-corrected chi connectivity index (χ2v) is 6.61. The summed E-state index contributed by atoms with van der Waals surface area (Å²) in [6, 6.07) is 5.58. The van der Waals surface area contributed by atoms with Crippen molar-refractivity contribution < 1.29 is 9.53 Å². The van der Waals surface area contributed by atoms with E-state index < -0.39 is 0 Å². The molecule has 2 aromatic heterocycles. The quantitative estimate of drug-likeness (QED) is 0.906. The lowest BCUT2D eigenvalue weighted by molar-refractivity contribution is -0.0229. The second-order valence-electron chi connectivity index (χ2n) is 6.61. The summed E-state index contributed by atoms with van der Waals surface area (Å²) >= 11 is 0. The highest BCUT2D eigenvalue weighted by molar-refractivity contribution is 5.94. The number of hydrogen-bond donors (Lipinski definition) is 1. The molecule has 1 unspecified atom stereocenters. The van der Waals surface area contributed by atoms with Crippen molar-refractivity contribution in [1.82, 2.24) is 14.9 Å². The van der Waals surface area contributed by atoms with Crippen molar-refractivity contribution in [2.24, 2.45) is 0 Å². The molecule has 130 valence electrons. The Morgan fingerprint density at radius 2 is 2.04 bits per heavy atom. The van der Waals surface area contributed by atoms with Crippen LogP contribution in [0.2, 0.25) is 0 Å². The number of nitrogens with zero attached hydrogens (tertiary/aromatic N) is 2. The molecule has 6 nitrogen and oxygen atoms in total. The summed E-state index contributed by atoms with van der Waals surface area (Å²) in [5.41, 5.74) is 3.05. The highest BCUT2D eigenvalue weighted by atomic mass is 16.5. The van der Waals surface area contributed by atoms with Crippen molar-refractivity contribution in [2.45, 2.75) is 31.8 Å². The molecule has 0 radical (unpaired) electrons. The van der Waals surface area contributed by atoms with E-state index in [0.717, 1.165) is 42.5 Å². The van der Waals surface area contributed by atoms with Crippen molar-refractivity contribution in [1.29, 1.82) is 0 Å². The standard InChI is InChI=1S/C19H21N3O3/c23-18-15(11-14-3-1-2-4-16(14)21-18)19(24)22-9-10-25-17(12-22)13-5-7-20-8-6-13/h5-8,11,17H,1-4,9-10,12H2,(H,21,23). The average molecular weight is 339 g/mol. The van der Waals surface area contributed by atoms with Crippen LogP contribution in [0.25, 0.3) is 0 Å². The van der Waals surface area contributed by atoms with Gasteiger partial charge < -0.3 is 14.6 Å². The molecule has 2 aromatic rings. The summed E-state index contributed by atoms with van der Waals surface area (Å²) in [4.78, 5) is 34.0. The fourth-order valence-electron chi connectivity index (χ4n) is 3.62. The van der Waals surface area contributed by atoms with Gasteiger partial charge in [0.2, 0.25) is 0 Å². The van der Waals surface area contributed by atoms with Crippen molar-refractivity contribution in [2.75, 3.05) is 19.7 Å². The number of pyridine rings is 2. The summed E-state index contributed by atoms with van der Waals surface area (Å²) in [7, 11) is 0. The van der Waals surface area contributed by atoms with Crippen molar-refractivity contribution in [3.8, 4) is 0 Å². The topological polar surface area (TPSA) is 75.3 Å². The number of H-pyrrole nitrogens is 1. The maximum atomic E-state index is 12.9. The van der Waals surface area contributed by atoms with Crippen LogP contribution < -0.4 is 5.56 Å². The molecule has 1 aliphatic heterocycles. The largest absolute Gasteiger partial charge is 0.370 e. The van der Waals surface area contributed by atoms with Gasteiger partial charge in [-0.05, 0) is 55.0 Å². The number of morpholine rings is 1.